The number of likely N-dealkylation sites (tertiary alicyclic amines) is 1. The number of aromatic nitrogens is 3. The Hall–Kier alpha value is -3.35. The van der Waals surface area contributed by atoms with Gasteiger partial charge in [0.15, 0.2) is 5.69 Å². The molecule has 4 rings (SSSR count). The summed E-state index contributed by atoms with van der Waals surface area (Å²) in [4.78, 5) is 26.8. The highest BCUT2D eigenvalue weighted by atomic mass is 32.1. The van der Waals surface area contributed by atoms with E-state index in [9.17, 15) is 26.7 Å². The number of hydrogen-bond donors (Lipinski definition) is 1. The zero-order chi connectivity index (χ0) is 27.0. The van der Waals surface area contributed by atoms with E-state index in [2.05, 4.69) is 20.3 Å². The predicted molar refractivity (Wildman–Crippen MR) is 128 cm³/mol. The van der Waals surface area contributed by atoms with E-state index in [1.165, 1.54) is 18.4 Å². The Balaban J connectivity index is 1.62. The monoisotopic (exact) mass is 541 g/mol. The first-order valence-electron chi connectivity index (χ1n) is 11.3. The number of carbonyl (C=O) groups excluding carboxylic acids is 1. The zero-order valence-corrected chi connectivity index (χ0v) is 21.0. The fourth-order valence-electron chi connectivity index (χ4n) is 4.32. The van der Waals surface area contributed by atoms with E-state index in [0.717, 1.165) is 11.1 Å². The van der Waals surface area contributed by atoms with Crippen LogP contribution in [-0.2, 0) is 6.18 Å². The Morgan fingerprint density at radius 3 is 2.68 bits per heavy atom. The van der Waals surface area contributed by atoms with Crippen molar-refractivity contribution in [3.8, 4) is 16.2 Å². The molecule has 1 aliphatic rings. The van der Waals surface area contributed by atoms with E-state index in [1.54, 1.807) is 38.1 Å². The quantitative estimate of drug-likeness (QED) is 0.413. The van der Waals surface area contributed by atoms with Gasteiger partial charge in [0.05, 0.1) is 42.0 Å². The molecule has 7 nitrogen and oxygen atoms in total. The number of ether oxygens (including phenoxy) is 1. The van der Waals surface area contributed by atoms with Crippen LogP contribution in [0.2, 0.25) is 0 Å². The molecular formula is C24H24F5N5O2S. The van der Waals surface area contributed by atoms with Gasteiger partial charge in [-0.25, -0.2) is 23.7 Å². The molecule has 1 aromatic carbocycles. The van der Waals surface area contributed by atoms with Gasteiger partial charge in [-0.3, -0.25) is 4.79 Å². The second-order valence-electron chi connectivity index (χ2n) is 8.85. The number of nitrogens with one attached hydrogen (secondary N) is 1. The fraction of sp³-hybridized carbons (Fsp3) is 0.417. The summed E-state index contributed by atoms with van der Waals surface area (Å²) < 4.78 is 72.8. The number of rotatable bonds is 6. The molecule has 0 unspecified atom stereocenters. The molecule has 1 amide bonds. The highest BCUT2D eigenvalue weighted by Crippen LogP contribution is 2.38. The summed E-state index contributed by atoms with van der Waals surface area (Å²) >= 11 is 1.27. The van der Waals surface area contributed by atoms with E-state index in [4.69, 9.17) is 4.74 Å². The van der Waals surface area contributed by atoms with Gasteiger partial charge in [0.25, 0.3) is 11.8 Å². The molecule has 2 atom stereocenters. The zero-order valence-electron chi connectivity index (χ0n) is 20.1. The minimum atomic E-state index is -4.63. The molecule has 0 saturated carbocycles. The van der Waals surface area contributed by atoms with E-state index >= 15 is 0 Å². The second kappa shape index (κ2) is 10.2. The third-order valence-electron chi connectivity index (χ3n) is 6.04. The molecule has 0 aliphatic carbocycles. The SMILES string of the molecule is COc1cccc(-c2sc(C)nc2C(=O)N2CC(F)(F)C[C@@H](C)[C@H]2CNc2cnc(C(F)(F)F)cn2)c1. The average molecular weight is 542 g/mol. The number of carbonyl (C=O) groups is 1. The first-order chi connectivity index (χ1) is 17.4. The molecule has 1 aliphatic heterocycles. The van der Waals surface area contributed by atoms with Crippen LogP contribution in [0, 0.1) is 12.8 Å². The maximum atomic E-state index is 14.6. The van der Waals surface area contributed by atoms with Gasteiger partial charge in [-0.1, -0.05) is 19.1 Å². The number of amides is 1. The number of alkyl halides is 5. The standard InChI is InChI=1S/C24H24F5N5O2S/c1-13-8-23(25,26)12-34(17(13)9-31-19-11-30-18(10-32-19)24(27,28)29)22(35)20-21(37-14(2)33-20)15-5-4-6-16(7-15)36-3/h4-7,10-11,13,17H,8-9,12H2,1-3H3,(H,31,32)/t13-,17-/m1/s1. The lowest BCUT2D eigenvalue weighted by Gasteiger charge is -2.43. The van der Waals surface area contributed by atoms with Gasteiger partial charge in [0, 0.05) is 13.0 Å². The van der Waals surface area contributed by atoms with Crippen molar-refractivity contribution in [1.29, 1.82) is 0 Å². The topological polar surface area (TPSA) is 80.2 Å². The normalized spacial score (nSPS) is 19.5. The number of aryl methyl sites for hydroxylation is 1. The molecule has 3 aromatic rings. The molecule has 13 heteroatoms. The summed E-state index contributed by atoms with van der Waals surface area (Å²) in [6.07, 6.45) is -3.57. The molecule has 198 valence electrons. The summed E-state index contributed by atoms with van der Waals surface area (Å²) in [6, 6.07) is 6.32. The molecule has 2 aromatic heterocycles. The van der Waals surface area contributed by atoms with Gasteiger partial charge in [-0.05, 0) is 30.5 Å². The molecule has 3 heterocycles. The van der Waals surface area contributed by atoms with Crippen LogP contribution >= 0.6 is 11.3 Å². The van der Waals surface area contributed by atoms with Crippen molar-refractivity contribution in [3.63, 3.8) is 0 Å². The van der Waals surface area contributed by atoms with Crippen LogP contribution in [0.25, 0.3) is 10.4 Å². The average Bonchev–Trinajstić information content (AvgIpc) is 3.23. The van der Waals surface area contributed by atoms with Crippen molar-refractivity contribution in [2.45, 2.75) is 38.4 Å². The highest BCUT2D eigenvalue weighted by molar-refractivity contribution is 7.15. The smallest absolute Gasteiger partial charge is 0.434 e. The van der Waals surface area contributed by atoms with Gasteiger partial charge in [0.2, 0.25) is 0 Å². The van der Waals surface area contributed by atoms with E-state index in [1.807, 2.05) is 0 Å². The Morgan fingerprint density at radius 1 is 1.27 bits per heavy atom. The number of thiazole rings is 1. The van der Waals surface area contributed by atoms with Crippen molar-refractivity contribution >= 4 is 23.1 Å². The van der Waals surface area contributed by atoms with E-state index < -0.39 is 48.6 Å². The predicted octanol–water partition coefficient (Wildman–Crippen LogP) is 5.53. The molecular weight excluding hydrogens is 517 g/mol. The number of piperidine rings is 1. The lowest BCUT2D eigenvalue weighted by Crippen LogP contribution is -2.57. The number of methoxy groups -OCH3 is 1. The fourth-order valence-corrected chi connectivity index (χ4v) is 5.23. The lowest BCUT2D eigenvalue weighted by atomic mass is 9.88. The number of halogens is 5. The van der Waals surface area contributed by atoms with Crippen molar-refractivity contribution < 1.29 is 31.5 Å². The third kappa shape index (κ3) is 5.97. The van der Waals surface area contributed by atoms with Gasteiger partial charge in [-0.2, -0.15) is 13.2 Å². The highest BCUT2D eigenvalue weighted by Gasteiger charge is 2.47. The van der Waals surface area contributed by atoms with Gasteiger partial charge < -0.3 is 15.0 Å². The van der Waals surface area contributed by atoms with Crippen molar-refractivity contribution in [1.82, 2.24) is 19.9 Å². The molecule has 37 heavy (non-hydrogen) atoms. The largest absolute Gasteiger partial charge is 0.497 e. The van der Waals surface area contributed by atoms with Crippen molar-refractivity contribution in [2.75, 3.05) is 25.5 Å². The van der Waals surface area contributed by atoms with Gasteiger partial charge >= 0.3 is 6.18 Å². The molecule has 1 N–H and O–H groups in total. The van der Waals surface area contributed by atoms with Crippen LogP contribution in [-0.4, -0.2) is 57.9 Å². The summed E-state index contributed by atoms with van der Waals surface area (Å²) in [7, 11) is 1.51. The summed E-state index contributed by atoms with van der Waals surface area (Å²) in [5, 5.41) is 3.43. The summed E-state index contributed by atoms with van der Waals surface area (Å²) in [5.41, 5.74) is -0.427. The van der Waals surface area contributed by atoms with Crippen LogP contribution in [0.1, 0.15) is 34.5 Å². The van der Waals surface area contributed by atoms with Gasteiger partial charge in [-0.15, -0.1) is 11.3 Å². The van der Waals surface area contributed by atoms with Crippen LogP contribution in [0.3, 0.4) is 0 Å². The number of nitrogens with zero attached hydrogens (tertiary/aromatic N) is 4. The number of anilines is 1. The lowest BCUT2D eigenvalue weighted by molar-refractivity contribution is -0.141. The molecule has 1 saturated heterocycles. The Kier molecular flexibility index (Phi) is 7.36. The Morgan fingerprint density at radius 2 is 2.03 bits per heavy atom. The van der Waals surface area contributed by atoms with E-state index in [-0.39, 0.29) is 18.1 Å². The maximum Gasteiger partial charge on any atom is 0.434 e. The van der Waals surface area contributed by atoms with Gasteiger partial charge in [0.1, 0.15) is 17.3 Å². The summed E-state index contributed by atoms with van der Waals surface area (Å²) in [5.74, 6) is -3.78. The summed E-state index contributed by atoms with van der Waals surface area (Å²) in [6.45, 7) is 2.50. The number of benzene rings is 1. The first kappa shape index (κ1) is 26.7. The minimum Gasteiger partial charge on any atom is -0.497 e. The van der Waals surface area contributed by atoms with Crippen LogP contribution < -0.4 is 10.1 Å². The maximum absolute atomic E-state index is 14.6. The molecule has 0 spiro atoms. The Labute approximate surface area is 213 Å². The molecule has 0 radical (unpaired) electrons. The molecule has 0 bridgehead atoms. The van der Waals surface area contributed by atoms with E-state index in [0.29, 0.717) is 27.4 Å². The van der Waals surface area contributed by atoms with Crippen molar-refractivity contribution in [3.05, 3.63) is 53.1 Å². The third-order valence-corrected chi connectivity index (χ3v) is 7.06. The number of hydrogen-bond acceptors (Lipinski definition) is 7. The van der Waals surface area contributed by atoms with Crippen LogP contribution in [0.15, 0.2) is 36.7 Å². The minimum absolute atomic E-state index is 0.0133. The second-order valence-corrected chi connectivity index (χ2v) is 10.0. The van der Waals surface area contributed by atoms with Crippen molar-refractivity contribution in [2.24, 2.45) is 5.92 Å². The van der Waals surface area contributed by atoms with Crippen LogP contribution in [0.5, 0.6) is 5.75 Å². The molecule has 1 fully saturated rings. The first-order valence-corrected chi connectivity index (χ1v) is 12.1. The Bertz CT molecular complexity index is 1270. The van der Waals surface area contributed by atoms with Crippen LogP contribution in [0.4, 0.5) is 27.8 Å².